The molecule has 0 aliphatic carbocycles. The molecule has 23 heavy (non-hydrogen) atoms. The van der Waals surface area contributed by atoms with Crippen LogP contribution in [0.1, 0.15) is 29.8 Å². The molecule has 0 atom stereocenters. The van der Waals surface area contributed by atoms with Gasteiger partial charge in [0.2, 0.25) is 5.91 Å². The number of aromatic carboxylic acids is 1. The number of hydrogen-bond donors (Lipinski definition) is 2. The van der Waals surface area contributed by atoms with Crippen molar-refractivity contribution in [3.63, 3.8) is 0 Å². The summed E-state index contributed by atoms with van der Waals surface area (Å²) < 4.78 is 28.6. The number of ether oxygens (including phenoxy) is 1. The number of methoxy groups -OCH3 is 1. The summed E-state index contributed by atoms with van der Waals surface area (Å²) in [5, 5.41) is 11.5. The summed E-state index contributed by atoms with van der Waals surface area (Å²) >= 11 is 0. The molecule has 0 unspecified atom stereocenters. The minimum absolute atomic E-state index is 0.0140. The predicted molar refractivity (Wildman–Crippen MR) is 86.2 cm³/mol. The number of hydrogen-bond acceptors (Lipinski definition) is 5. The van der Waals surface area contributed by atoms with Crippen LogP contribution in [0.3, 0.4) is 0 Å². The molecule has 0 saturated heterocycles. The highest BCUT2D eigenvalue weighted by atomic mass is 32.2. The molecule has 0 saturated carbocycles. The van der Waals surface area contributed by atoms with E-state index in [0.29, 0.717) is 5.56 Å². The van der Waals surface area contributed by atoms with Crippen LogP contribution in [0.2, 0.25) is 0 Å². The van der Waals surface area contributed by atoms with Gasteiger partial charge in [0.15, 0.2) is 9.84 Å². The SMILES string of the molecule is COCc1cc(NC(=O)CS(=O)(=O)CC(C)C)cc(C(=O)O)c1. The smallest absolute Gasteiger partial charge is 0.335 e. The average Bonchev–Trinajstić information content (AvgIpc) is 2.35. The number of nitrogens with one attached hydrogen (secondary N) is 1. The van der Waals surface area contributed by atoms with Crippen molar-refractivity contribution in [2.75, 3.05) is 23.9 Å². The molecule has 0 aliphatic rings. The van der Waals surface area contributed by atoms with E-state index in [-0.39, 0.29) is 29.5 Å². The zero-order valence-corrected chi connectivity index (χ0v) is 14.1. The first-order chi connectivity index (χ1) is 10.6. The van der Waals surface area contributed by atoms with Crippen LogP contribution >= 0.6 is 0 Å². The molecule has 8 heteroatoms. The number of carbonyl (C=O) groups is 2. The lowest BCUT2D eigenvalue weighted by molar-refractivity contribution is -0.113. The summed E-state index contributed by atoms with van der Waals surface area (Å²) in [6.45, 7) is 3.68. The lowest BCUT2D eigenvalue weighted by Crippen LogP contribution is -2.26. The summed E-state index contributed by atoms with van der Waals surface area (Å²) in [4.78, 5) is 23.0. The number of carboxylic acid groups (broad SMARTS) is 1. The summed E-state index contributed by atoms with van der Waals surface area (Å²) in [5.41, 5.74) is 0.773. The number of carbonyl (C=O) groups excluding carboxylic acids is 1. The molecule has 0 spiro atoms. The fraction of sp³-hybridized carbons (Fsp3) is 0.467. The topological polar surface area (TPSA) is 110 Å². The highest BCUT2D eigenvalue weighted by Crippen LogP contribution is 2.16. The molecule has 1 rings (SSSR count). The molecule has 0 bridgehead atoms. The standard InChI is InChI=1S/C15H21NO6S/c1-10(2)8-23(20,21)9-14(17)16-13-5-11(7-22-3)4-12(6-13)15(18)19/h4-6,10H,7-9H2,1-3H3,(H,16,17)(H,18,19). The highest BCUT2D eigenvalue weighted by molar-refractivity contribution is 7.92. The number of amides is 1. The number of sulfone groups is 1. The van der Waals surface area contributed by atoms with E-state index in [1.54, 1.807) is 19.9 Å². The Morgan fingerprint density at radius 2 is 1.91 bits per heavy atom. The number of anilines is 1. The average molecular weight is 343 g/mol. The minimum atomic E-state index is -3.50. The lowest BCUT2D eigenvalue weighted by Gasteiger charge is -2.10. The van der Waals surface area contributed by atoms with Gasteiger partial charge in [-0.15, -0.1) is 0 Å². The van der Waals surface area contributed by atoms with E-state index < -0.39 is 27.5 Å². The van der Waals surface area contributed by atoms with Gasteiger partial charge in [-0.25, -0.2) is 13.2 Å². The Kier molecular flexibility index (Phi) is 6.71. The normalized spacial score (nSPS) is 11.5. The maximum absolute atomic E-state index is 11.9. The Balaban J connectivity index is 2.91. The van der Waals surface area contributed by atoms with Gasteiger partial charge in [-0.1, -0.05) is 13.8 Å². The zero-order valence-electron chi connectivity index (χ0n) is 13.3. The first-order valence-electron chi connectivity index (χ1n) is 6.99. The Bertz CT molecular complexity index is 681. The maximum atomic E-state index is 11.9. The quantitative estimate of drug-likeness (QED) is 0.741. The van der Waals surface area contributed by atoms with E-state index in [9.17, 15) is 18.0 Å². The molecule has 0 radical (unpaired) electrons. The van der Waals surface area contributed by atoms with Crippen LogP contribution in [0.5, 0.6) is 0 Å². The summed E-state index contributed by atoms with van der Waals surface area (Å²) in [7, 11) is -2.04. The Labute approximate surface area is 135 Å². The molecule has 2 N–H and O–H groups in total. The van der Waals surface area contributed by atoms with Crippen molar-refractivity contribution in [2.45, 2.75) is 20.5 Å². The van der Waals surface area contributed by atoms with Crippen LogP contribution in [0.15, 0.2) is 18.2 Å². The van der Waals surface area contributed by atoms with Crippen molar-refractivity contribution in [2.24, 2.45) is 5.92 Å². The van der Waals surface area contributed by atoms with E-state index in [2.05, 4.69) is 5.32 Å². The molecule has 0 aliphatic heterocycles. The van der Waals surface area contributed by atoms with E-state index in [0.717, 1.165) is 0 Å². The summed E-state index contributed by atoms with van der Waals surface area (Å²) in [6, 6.07) is 4.24. The molecular weight excluding hydrogens is 322 g/mol. The third-order valence-electron chi connectivity index (χ3n) is 2.77. The molecule has 0 fully saturated rings. The van der Waals surface area contributed by atoms with Crippen molar-refractivity contribution in [3.05, 3.63) is 29.3 Å². The third kappa shape index (κ3) is 6.79. The molecule has 0 aromatic heterocycles. The van der Waals surface area contributed by atoms with Crippen LogP contribution in [0.4, 0.5) is 5.69 Å². The Morgan fingerprint density at radius 3 is 2.43 bits per heavy atom. The van der Waals surface area contributed by atoms with Gasteiger partial charge in [-0.2, -0.15) is 0 Å². The third-order valence-corrected chi connectivity index (χ3v) is 4.65. The molecule has 128 valence electrons. The fourth-order valence-corrected chi connectivity index (χ4v) is 3.71. The van der Waals surface area contributed by atoms with Crippen LogP contribution in [-0.2, 0) is 26.0 Å². The van der Waals surface area contributed by atoms with E-state index in [4.69, 9.17) is 9.84 Å². The van der Waals surface area contributed by atoms with Crippen LogP contribution < -0.4 is 5.32 Å². The van der Waals surface area contributed by atoms with Gasteiger partial charge in [0.25, 0.3) is 0 Å². The number of benzene rings is 1. The molecular formula is C15H21NO6S. The molecule has 1 amide bonds. The van der Waals surface area contributed by atoms with Crippen LogP contribution in [0.25, 0.3) is 0 Å². The maximum Gasteiger partial charge on any atom is 0.335 e. The van der Waals surface area contributed by atoms with Gasteiger partial charge in [0.05, 0.1) is 17.9 Å². The summed E-state index contributed by atoms with van der Waals surface area (Å²) in [5.74, 6) is -2.63. The fourth-order valence-electron chi connectivity index (χ4n) is 2.10. The molecule has 1 aromatic carbocycles. The second kappa shape index (κ2) is 8.07. The van der Waals surface area contributed by atoms with Gasteiger partial charge in [0, 0.05) is 12.8 Å². The molecule has 0 heterocycles. The van der Waals surface area contributed by atoms with Gasteiger partial charge in [0.1, 0.15) is 5.75 Å². The van der Waals surface area contributed by atoms with E-state index in [1.807, 2.05) is 0 Å². The van der Waals surface area contributed by atoms with Crippen molar-refractivity contribution in [1.82, 2.24) is 0 Å². The van der Waals surface area contributed by atoms with Crippen molar-refractivity contribution < 1.29 is 27.9 Å². The van der Waals surface area contributed by atoms with Crippen molar-refractivity contribution in [3.8, 4) is 0 Å². The van der Waals surface area contributed by atoms with Crippen molar-refractivity contribution >= 4 is 27.4 Å². The molecule has 1 aromatic rings. The number of rotatable bonds is 8. The second-order valence-corrected chi connectivity index (χ2v) is 7.76. The monoisotopic (exact) mass is 343 g/mol. The zero-order chi connectivity index (χ0) is 17.6. The number of carboxylic acids is 1. The highest BCUT2D eigenvalue weighted by Gasteiger charge is 2.19. The first-order valence-corrected chi connectivity index (χ1v) is 8.81. The predicted octanol–water partition coefficient (Wildman–Crippen LogP) is 1.54. The minimum Gasteiger partial charge on any atom is -0.478 e. The first kappa shape index (κ1) is 19.1. The van der Waals surface area contributed by atoms with E-state index >= 15 is 0 Å². The summed E-state index contributed by atoms with van der Waals surface area (Å²) in [6.07, 6.45) is 0. The van der Waals surface area contributed by atoms with Crippen LogP contribution in [-0.4, -0.2) is 44.0 Å². The second-order valence-electron chi connectivity index (χ2n) is 5.65. The Hall–Kier alpha value is -1.93. The van der Waals surface area contributed by atoms with Gasteiger partial charge in [-0.3, -0.25) is 4.79 Å². The lowest BCUT2D eigenvalue weighted by atomic mass is 10.1. The van der Waals surface area contributed by atoms with Gasteiger partial charge < -0.3 is 15.2 Å². The van der Waals surface area contributed by atoms with Gasteiger partial charge >= 0.3 is 5.97 Å². The Morgan fingerprint density at radius 1 is 1.26 bits per heavy atom. The molecule has 7 nitrogen and oxygen atoms in total. The largest absolute Gasteiger partial charge is 0.478 e. The van der Waals surface area contributed by atoms with Crippen molar-refractivity contribution in [1.29, 1.82) is 0 Å². The van der Waals surface area contributed by atoms with E-state index in [1.165, 1.54) is 19.2 Å². The van der Waals surface area contributed by atoms with Crippen LogP contribution in [0, 0.1) is 5.92 Å². The van der Waals surface area contributed by atoms with Gasteiger partial charge in [-0.05, 0) is 29.7 Å².